The number of halogens is 2. The average Bonchev–Trinajstić information content (AvgIpc) is 2.31. The molecule has 1 aromatic carbocycles. The topological polar surface area (TPSA) is 59.4 Å². The van der Waals surface area contributed by atoms with E-state index in [4.69, 9.17) is 33.0 Å². The van der Waals surface area contributed by atoms with Crippen molar-refractivity contribution in [3.05, 3.63) is 52.1 Å². The molecule has 0 fully saturated rings. The molecule has 2 rings (SSSR count). The van der Waals surface area contributed by atoms with Gasteiger partial charge in [-0.2, -0.15) is 0 Å². The molecule has 92 valence electrons. The van der Waals surface area contributed by atoms with Gasteiger partial charge in [-0.25, -0.2) is 9.78 Å². The molecule has 1 aromatic heterocycles. The fraction of sp³-hybridized carbons (Fsp3) is 0. The van der Waals surface area contributed by atoms with Crippen LogP contribution in [0.2, 0.25) is 10.0 Å². The zero-order valence-electron chi connectivity index (χ0n) is 8.93. The van der Waals surface area contributed by atoms with E-state index in [0.29, 0.717) is 10.8 Å². The molecule has 0 amide bonds. The Kier molecular flexibility index (Phi) is 3.69. The fourth-order valence-corrected chi connectivity index (χ4v) is 1.65. The number of aromatic carboxylic acids is 1. The number of nitrogens with zero attached hydrogens (tertiary/aromatic N) is 1. The zero-order chi connectivity index (χ0) is 13.1. The summed E-state index contributed by atoms with van der Waals surface area (Å²) in [5.41, 5.74) is -0.0660. The lowest BCUT2D eigenvalue weighted by Crippen LogP contribution is -1.99. The lowest BCUT2D eigenvalue weighted by atomic mass is 10.2. The monoisotopic (exact) mass is 283 g/mol. The van der Waals surface area contributed by atoms with E-state index < -0.39 is 5.97 Å². The molecule has 0 spiro atoms. The summed E-state index contributed by atoms with van der Waals surface area (Å²) in [7, 11) is 0. The summed E-state index contributed by atoms with van der Waals surface area (Å²) < 4.78 is 5.39. The number of hydrogen-bond donors (Lipinski definition) is 1. The van der Waals surface area contributed by atoms with Crippen LogP contribution in [0.25, 0.3) is 0 Å². The number of aromatic nitrogens is 1. The van der Waals surface area contributed by atoms with E-state index in [1.165, 1.54) is 12.3 Å². The number of carboxylic acid groups (broad SMARTS) is 1. The maximum absolute atomic E-state index is 10.9. The molecule has 0 radical (unpaired) electrons. The number of hydrogen-bond acceptors (Lipinski definition) is 3. The van der Waals surface area contributed by atoms with E-state index in [1.54, 1.807) is 24.3 Å². The highest BCUT2D eigenvalue weighted by atomic mass is 35.5. The Labute approximate surface area is 113 Å². The van der Waals surface area contributed by atoms with Gasteiger partial charge in [0.2, 0.25) is 5.88 Å². The Morgan fingerprint density at radius 2 is 2.06 bits per heavy atom. The number of carboxylic acids is 1. The highest BCUT2D eigenvalue weighted by molar-refractivity contribution is 6.33. The van der Waals surface area contributed by atoms with Gasteiger partial charge in [0.1, 0.15) is 5.75 Å². The van der Waals surface area contributed by atoms with Crippen molar-refractivity contribution >= 4 is 29.2 Å². The molecule has 0 atom stereocenters. The molecule has 6 heteroatoms. The zero-order valence-corrected chi connectivity index (χ0v) is 10.4. The van der Waals surface area contributed by atoms with Crippen LogP contribution in [-0.2, 0) is 0 Å². The van der Waals surface area contributed by atoms with Gasteiger partial charge in [-0.15, -0.1) is 0 Å². The second kappa shape index (κ2) is 5.25. The number of ether oxygens (including phenoxy) is 1. The molecule has 0 aliphatic carbocycles. The first-order chi connectivity index (χ1) is 8.56. The second-order valence-electron chi connectivity index (χ2n) is 3.37. The summed E-state index contributed by atoms with van der Waals surface area (Å²) in [6.45, 7) is 0. The van der Waals surface area contributed by atoms with Gasteiger partial charge in [0.05, 0.1) is 16.8 Å². The van der Waals surface area contributed by atoms with Crippen LogP contribution in [-0.4, -0.2) is 16.1 Å². The third kappa shape index (κ3) is 2.91. The Balaban J connectivity index is 2.30. The maximum atomic E-state index is 10.9. The molecule has 18 heavy (non-hydrogen) atoms. The fourth-order valence-electron chi connectivity index (χ4n) is 1.29. The number of pyridine rings is 1. The third-order valence-corrected chi connectivity index (χ3v) is 2.62. The summed E-state index contributed by atoms with van der Waals surface area (Å²) in [4.78, 5) is 14.8. The first-order valence-electron chi connectivity index (χ1n) is 4.88. The standard InChI is InChI=1S/C12H7Cl2NO3/c13-7-2-1-3-8(4-7)18-11-5-9(12(16)17)10(14)6-15-11/h1-6H,(H,16,17). The normalized spacial score (nSPS) is 10.1. The second-order valence-corrected chi connectivity index (χ2v) is 4.21. The van der Waals surface area contributed by atoms with Crippen LogP contribution in [0.5, 0.6) is 11.6 Å². The van der Waals surface area contributed by atoms with E-state index in [0.717, 1.165) is 0 Å². The Bertz CT molecular complexity index is 602. The minimum absolute atomic E-state index is 0.0564. The molecule has 0 unspecified atom stereocenters. The highest BCUT2D eigenvalue weighted by Gasteiger charge is 2.11. The summed E-state index contributed by atoms with van der Waals surface area (Å²) in [5.74, 6) is -0.536. The van der Waals surface area contributed by atoms with Gasteiger partial charge in [-0.3, -0.25) is 0 Å². The van der Waals surface area contributed by atoms with Crippen molar-refractivity contribution in [2.45, 2.75) is 0 Å². The molecule has 4 nitrogen and oxygen atoms in total. The summed E-state index contributed by atoms with van der Waals surface area (Å²) >= 11 is 11.5. The van der Waals surface area contributed by atoms with Crippen molar-refractivity contribution in [3.8, 4) is 11.6 Å². The van der Waals surface area contributed by atoms with Crippen LogP contribution < -0.4 is 4.74 Å². The van der Waals surface area contributed by atoms with Crippen LogP contribution in [0.15, 0.2) is 36.5 Å². The summed E-state index contributed by atoms with van der Waals surface area (Å²) in [6.07, 6.45) is 1.23. The predicted octanol–water partition coefficient (Wildman–Crippen LogP) is 3.88. The van der Waals surface area contributed by atoms with Gasteiger partial charge in [0.15, 0.2) is 0 Å². The van der Waals surface area contributed by atoms with Gasteiger partial charge < -0.3 is 9.84 Å². The largest absolute Gasteiger partial charge is 0.478 e. The molecule has 0 saturated heterocycles. The number of rotatable bonds is 3. The van der Waals surface area contributed by atoms with Crippen LogP contribution in [0.4, 0.5) is 0 Å². The molecule has 1 N–H and O–H groups in total. The van der Waals surface area contributed by atoms with E-state index >= 15 is 0 Å². The number of carbonyl (C=O) groups is 1. The third-order valence-electron chi connectivity index (χ3n) is 2.08. The highest BCUT2D eigenvalue weighted by Crippen LogP contribution is 2.25. The van der Waals surface area contributed by atoms with Gasteiger partial charge in [-0.05, 0) is 18.2 Å². The first-order valence-corrected chi connectivity index (χ1v) is 5.64. The van der Waals surface area contributed by atoms with Gasteiger partial charge >= 0.3 is 5.97 Å². The quantitative estimate of drug-likeness (QED) is 0.929. The molecule has 1 heterocycles. The average molecular weight is 284 g/mol. The van der Waals surface area contributed by atoms with E-state index in [1.807, 2.05) is 0 Å². The van der Waals surface area contributed by atoms with Crippen LogP contribution in [0.1, 0.15) is 10.4 Å². The van der Waals surface area contributed by atoms with Crippen molar-refractivity contribution in [2.75, 3.05) is 0 Å². The SMILES string of the molecule is O=C(O)c1cc(Oc2cccc(Cl)c2)ncc1Cl. The Morgan fingerprint density at radius 1 is 1.28 bits per heavy atom. The Morgan fingerprint density at radius 3 is 2.72 bits per heavy atom. The van der Waals surface area contributed by atoms with Crippen molar-refractivity contribution < 1.29 is 14.6 Å². The predicted molar refractivity (Wildman–Crippen MR) is 67.7 cm³/mol. The van der Waals surface area contributed by atoms with Gasteiger partial charge in [0, 0.05) is 11.1 Å². The minimum atomic E-state index is -1.14. The molecule has 0 bridgehead atoms. The first kappa shape index (κ1) is 12.7. The molecular weight excluding hydrogens is 277 g/mol. The smallest absolute Gasteiger partial charge is 0.337 e. The lowest BCUT2D eigenvalue weighted by Gasteiger charge is -2.06. The van der Waals surface area contributed by atoms with E-state index in [9.17, 15) is 4.79 Å². The van der Waals surface area contributed by atoms with E-state index in [2.05, 4.69) is 4.98 Å². The minimum Gasteiger partial charge on any atom is -0.478 e. The lowest BCUT2D eigenvalue weighted by molar-refractivity contribution is 0.0696. The van der Waals surface area contributed by atoms with Crippen molar-refractivity contribution in [3.63, 3.8) is 0 Å². The molecule has 0 aliphatic heterocycles. The summed E-state index contributed by atoms with van der Waals surface area (Å²) in [5, 5.41) is 9.48. The molecule has 2 aromatic rings. The van der Waals surface area contributed by atoms with E-state index in [-0.39, 0.29) is 16.5 Å². The maximum Gasteiger partial charge on any atom is 0.337 e. The van der Waals surface area contributed by atoms with Crippen molar-refractivity contribution in [1.29, 1.82) is 0 Å². The van der Waals surface area contributed by atoms with Crippen LogP contribution in [0, 0.1) is 0 Å². The molecule has 0 aliphatic rings. The summed E-state index contributed by atoms with van der Waals surface area (Å²) in [6, 6.07) is 7.95. The van der Waals surface area contributed by atoms with Gasteiger partial charge in [0.25, 0.3) is 0 Å². The number of benzene rings is 1. The molecule has 0 saturated carbocycles. The molecular formula is C12H7Cl2NO3. The van der Waals surface area contributed by atoms with Crippen LogP contribution in [0.3, 0.4) is 0 Å². The van der Waals surface area contributed by atoms with Crippen LogP contribution >= 0.6 is 23.2 Å². The van der Waals surface area contributed by atoms with Gasteiger partial charge in [-0.1, -0.05) is 29.3 Å². The Hall–Kier alpha value is -1.78. The van der Waals surface area contributed by atoms with Crippen molar-refractivity contribution in [2.24, 2.45) is 0 Å². The van der Waals surface area contributed by atoms with Crippen molar-refractivity contribution in [1.82, 2.24) is 4.98 Å².